The first-order valence-corrected chi connectivity index (χ1v) is 6.75. The summed E-state index contributed by atoms with van der Waals surface area (Å²) in [5.74, 6) is 0.356. The standard InChI is InChI=1S/C13H11Cl2N3O2/c1-2-3-10-11(14)16-13(17-12(10)15)8-4-6-9(7-5-8)18(19)20/h4-7H,2-3H2,1H3. The van der Waals surface area contributed by atoms with E-state index in [1.807, 2.05) is 6.92 Å². The van der Waals surface area contributed by atoms with Crippen molar-refractivity contribution in [3.63, 3.8) is 0 Å². The van der Waals surface area contributed by atoms with E-state index < -0.39 is 4.92 Å². The van der Waals surface area contributed by atoms with Crippen molar-refractivity contribution in [2.75, 3.05) is 0 Å². The summed E-state index contributed by atoms with van der Waals surface area (Å²) in [7, 11) is 0. The average molecular weight is 312 g/mol. The molecule has 0 bridgehead atoms. The van der Waals surface area contributed by atoms with Gasteiger partial charge in [0.15, 0.2) is 5.82 Å². The van der Waals surface area contributed by atoms with Gasteiger partial charge in [-0.15, -0.1) is 0 Å². The summed E-state index contributed by atoms with van der Waals surface area (Å²) >= 11 is 12.2. The van der Waals surface area contributed by atoms with Gasteiger partial charge in [0.25, 0.3) is 5.69 Å². The van der Waals surface area contributed by atoms with E-state index >= 15 is 0 Å². The molecule has 0 radical (unpaired) electrons. The summed E-state index contributed by atoms with van der Waals surface area (Å²) in [6.07, 6.45) is 1.60. The molecule has 0 N–H and O–H groups in total. The van der Waals surface area contributed by atoms with Crippen LogP contribution in [0.25, 0.3) is 11.4 Å². The second-order valence-corrected chi connectivity index (χ2v) is 4.88. The first kappa shape index (κ1) is 14.7. The van der Waals surface area contributed by atoms with E-state index in [9.17, 15) is 10.1 Å². The highest BCUT2D eigenvalue weighted by Crippen LogP contribution is 2.27. The Balaban J connectivity index is 2.40. The molecule has 0 unspecified atom stereocenters. The van der Waals surface area contributed by atoms with E-state index in [2.05, 4.69) is 9.97 Å². The Hall–Kier alpha value is -1.72. The maximum atomic E-state index is 10.6. The normalized spacial score (nSPS) is 10.6. The van der Waals surface area contributed by atoms with Gasteiger partial charge in [-0.05, 0) is 18.6 Å². The number of hydrogen-bond acceptors (Lipinski definition) is 4. The Morgan fingerprint density at radius 2 is 1.70 bits per heavy atom. The Labute approximate surface area is 125 Å². The Morgan fingerprint density at radius 1 is 1.15 bits per heavy atom. The van der Waals surface area contributed by atoms with Crippen LogP contribution in [0.1, 0.15) is 18.9 Å². The van der Waals surface area contributed by atoms with Crippen LogP contribution in [0.3, 0.4) is 0 Å². The molecular formula is C13H11Cl2N3O2. The minimum atomic E-state index is -0.463. The average Bonchev–Trinajstić information content (AvgIpc) is 2.42. The number of rotatable bonds is 4. The Kier molecular flexibility index (Phi) is 4.52. The fourth-order valence-corrected chi connectivity index (χ4v) is 2.33. The molecule has 7 heteroatoms. The monoisotopic (exact) mass is 311 g/mol. The summed E-state index contributed by atoms with van der Waals surface area (Å²) in [4.78, 5) is 18.5. The van der Waals surface area contributed by atoms with Crippen LogP contribution in [0.2, 0.25) is 10.3 Å². The van der Waals surface area contributed by atoms with Crippen LogP contribution >= 0.6 is 23.2 Å². The van der Waals surface area contributed by atoms with E-state index in [1.54, 1.807) is 12.1 Å². The van der Waals surface area contributed by atoms with Gasteiger partial charge in [-0.3, -0.25) is 10.1 Å². The molecule has 0 amide bonds. The number of hydrogen-bond donors (Lipinski definition) is 0. The zero-order valence-corrected chi connectivity index (χ0v) is 12.1. The highest BCUT2D eigenvalue weighted by atomic mass is 35.5. The van der Waals surface area contributed by atoms with Crippen molar-refractivity contribution in [1.82, 2.24) is 9.97 Å². The highest BCUT2D eigenvalue weighted by Gasteiger charge is 2.13. The summed E-state index contributed by atoms with van der Waals surface area (Å²) in [6, 6.07) is 5.92. The van der Waals surface area contributed by atoms with Crippen molar-refractivity contribution in [1.29, 1.82) is 0 Å². The summed E-state index contributed by atoms with van der Waals surface area (Å²) in [6.45, 7) is 2.01. The van der Waals surface area contributed by atoms with Gasteiger partial charge in [0, 0.05) is 23.3 Å². The van der Waals surface area contributed by atoms with E-state index in [4.69, 9.17) is 23.2 Å². The van der Waals surface area contributed by atoms with Crippen LogP contribution in [0.4, 0.5) is 5.69 Å². The lowest BCUT2D eigenvalue weighted by Crippen LogP contribution is -1.97. The van der Waals surface area contributed by atoms with Crippen molar-refractivity contribution in [3.8, 4) is 11.4 Å². The van der Waals surface area contributed by atoms with Crippen LogP contribution in [0.5, 0.6) is 0 Å². The maximum Gasteiger partial charge on any atom is 0.269 e. The minimum Gasteiger partial charge on any atom is -0.258 e. The number of halogens is 2. The van der Waals surface area contributed by atoms with Crippen molar-refractivity contribution >= 4 is 28.9 Å². The van der Waals surface area contributed by atoms with Crippen LogP contribution in [-0.4, -0.2) is 14.9 Å². The summed E-state index contributed by atoms with van der Waals surface area (Å²) in [5, 5.41) is 11.2. The fraction of sp³-hybridized carbons (Fsp3) is 0.231. The third-order valence-corrected chi connectivity index (χ3v) is 3.37. The predicted octanol–water partition coefficient (Wildman–Crippen LogP) is 4.31. The highest BCUT2D eigenvalue weighted by molar-refractivity contribution is 6.34. The minimum absolute atomic E-state index is 0.00791. The molecule has 0 saturated heterocycles. The lowest BCUT2D eigenvalue weighted by atomic mass is 10.1. The molecule has 0 aliphatic carbocycles. The first-order chi connectivity index (χ1) is 9.52. The van der Waals surface area contributed by atoms with Crippen LogP contribution < -0.4 is 0 Å². The van der Waals surface area contributed by atoms with Crippen molar-refractivity contribution in [2.45, 2.75) is 19.8 Å². The predicted molar refractivity (Wildman–Crippen MR) is 78.1 cm³/mol. The number of nitro benzene ring substituents is 1. The first-order valence-electron chi connectivity index (χ1n) is 5.99. The molecule has 0 fully saturated rings. The fourth-order valence-electron chi connectivity index (χ4n) is 1.75. The third kappa shape index (κ3) is 3.05. The molecular weight excluding hydrogens is 301 g/mol. The SMILES string of the molecule is CCCc1c(Cl)nc(-c2ccc([N+](=O)[O-])cc2)nc1Cl. The van der Waals surface area contributed by atoms with Crippen LogP contribution in [0, 0.1) is 10.1 Å². The molecule has 1 aromatic heterocycles. The molecule has 0 aliphatic heterocycles. The third-order valence-electron chi connectivity index (χ3n) is 2.74. The maximum absolute atomic E-state index is 10.6. The van der Waals surface area contributed by atoms with Gasteiger partial charge >= 0.3 is 0 Å². The van der Waals surface area contributed by atoms with Gasteiger partial charge in [0.2, 0.25) is 0 Å². The van der Waals surface area contributed by atoms with E-state index in [0.717, 1.165) is 12.0 Å². The molecule has 2 aromatic rings. The number of benzene rings is 1. The van der Waals surface area contributed by atoms with Crippen molar-refractivity contribution in [2.24, 2.45) is 0 Å². The van der Waals surface area contributed by atoms with E-state index in [-0.39, 0.29) is 5.69 Å². The zero-order chi connectivity index (χ0) is 14.7. The van der Waals surface area contributed by atoms with Gasteiger partial charge in [0.05, 0.1) is 4.92 Å². The largest absolute Gasteiger partial charge is 0.269 e. The molecule has 0 spiro atoms. The number of aromatic nitrogens is 2. The van der Waals surface area contributed by atoms with Crippen molar-refractivity contribution in [3.05, 3.63) is 50.2 Å². The topological polar surface area (TPSA) is 68.9 Å². The van der Waals surface area contributed by atoms with Gasteiger partial charge in [-0.2, -0.15) is 0 Å². The molecule has 1 heterocycles. The number of nitrogens with zero attached hydrogens (tertiary/aromatic N) is 3. The molecule has 2 rings (SSSR count). The Bertz CT molecular complexity index is 622. The molecule has 0 atom stereocenters. The van der Waals surface area contributed by atoms with Gasteiger partial charge < -0.3 is 0 Å². The molecule has 1 aromatic carbocycles. The lowest BCUT2D eigenvalue weighted by Gasteiger charge is -2.07. The zero-order valence-electron chi connectivity index (χ0n) is 10.6. The molecule has 104 valence electrons. The number of non-ortho nitro benzene ring substituents is 1. The molecule has 0 aliphatic rings. The van der Waals surface area contributed by atoms with Crippen LogP contribution in [-0.2, 0) is 6.42 Å². The molecule has 20 heavy (non-hydrogen) atoms. The molecule has 0 saturated carbocycles. The summed E-state index contributed by atoms with van der Waals surface area (Å²) in [5.41, 5.74) is 1.36. The number of nitro groups is 1. The van der Waals surface area contributed by atoms with E-state index in [1.165, 1.54) is 12.1 Å². The molecule has 5 nitrogen and oxygen atoms in total. The summed E-state index contributed by atoms with van der Waals surface area (Å²) < 4.78 is 0. The van der Waals surface area contributed by atoms with Crippen LogP contribution in [0.15, 0.2) is 24.3 Å². The van der Waals surface area contributed by atoms with Gasteiger partial charge in [-0.25, -0.2) is 9.97 Å². The smallest absolute Gasteiger partial charge is 0.258 e. The second-order valence-electron chi connectivity index (χ2n) is 4.16. The second kappa shape index (κ2) is 6.15. The van der Waals surface area contributed by atoms with Crippen molar-refractivity contribution < 1.29 is 4.92 Å². The lowest BCUT2D eigenvalue weighted by molar-refractivity contribution is -0.384. The van der Waals surface area contributed by atoms with Gasteiger partial charge in [0.1, 0.15) is 10.3 Å². The Morgan fingerprint density at radius 3 is 2.15 bits per heavy atom. The van der Waals surface area contributed by atoms with E-state index in [0.29, 0.717) is 28.1 Å². The van der Waals surface area contributed by atoms with Gasteiger partial charge in [-0.1, -0.05) is 36.5 Å². The quantitative estimate of drug-likeness (QED) is 0.479.